The smallest absolute Gasteiger partial charge is 0.0478 e. The Balaban J connectivity index is 2.81. The predicted molar refractivity (Wildman–Crippen MR) is 39.5 cm³/mol. The van der Waals surface area contributed by atoms with Crippen LogP contribution in [-0.2, 0) is 6.54 Å². The fraction of sp³-hybridized carbons (Fsp3) is 0.143. The fourth-order valence-corrected chi connectivity index (χ4v) is 0.780. The Morgan fingerprint density at radius 1 is 1.40 bits per heavy atom. The zero-order chi connectivity index (χ0) is 7.40. The van der Waals surface area contributed by atoms with E-state index in [2.05, 4.69) is 0 Å². The number of nitrogens with one attached hydrogen (secondary N) is 1. The third-order valence-electron chi connectivity index (χ3n) is 1.32. The zero-order valence-corrected chi connectivity index (χ0v) is 5.54. The first-order valence-corrected chi connectivity index (χ1v) is 3.05. The molecule has 0 amide bonds. The number of benzene rings is 1. The summed E-state index contributed by atoms with van der Waals surface area (Å²) in [6.45, 7) is 0.396. The van der Waals surface area contributed by atoms with Crippen LogP contribution in [-0.4, -0.2) is 5.21 Å². The van der Waals surface area contributed by atoms with Crippen LogP contribution < -0.4 is 11.2 Å². The summed E-state index contributed by atoms with van der Waals surface area (Å²) in [6, 6.07) is 7.39. The van der Waals surface area contributed by atoms with Crippen molar-refractivity contribution in [1.29, 1.82) is 0 Å². The number of para-hydroxylation sites is 1. The maximum atomic E-state index is 8.34. The van der Waals surface area contributed by atoms with Crippen LogP contribution >= 0.6 is 0 Å². The highest BCUT2D eigenvalue weighted by molar-refractivity contribution is 5.45. The van der Waals surface area contributed by atoms with Crippen LogP contribution in [0, 0.1) is 0 Å². The monoisotopic (exact) mass is 138 g/mol. The molecule has 0 heterocycles. The Kier molecular flexibility index (Phi) is 2.25. The van der Waals surface area contributed by atoms with Gasteiger partial charge in [-0.05, 0) is 11.6 Å². The molecule has 0 saturated carbocycles. The van der Waals surface area contributed by atoms with E-state index in [9.17, 15) is 0 Å². The van der Waals surface area contributed by atoms with Crippen LogP contribution in [0.3, 0.4) is 0 Å². The molecule has 10 heavy (non-hydrogen) atoms. The summed E-state index contributed by atoms with van der Waals surface area (Å²) in [5.74, 6) is 0. The van der Waals surface area contributed by atoms with Crippen LogP contribution in [0.4, 0.5) is 5.69 Å². The number of nitrogens with two attached hydrogens (primary N) is 1. The van der Waals surface area contributed by atoms with Gasteiger partial charge in [-0.3, -0.25) is 0 Å². The summed E-state index contributed by atoms with van der Waals surface area (Å²) in [4.78, 5) is 0. The normalized spacial score (nSPS) is 9.70. The summed E-state index contributed by atoms with van der Waals surface area (Å²) in [6.07, 6.45) is 0. The molecule has 0 aliphatic heterocycles. The molecule has 0 bridgehead atoms. The molecule has 3 nitrogen and oxygen atoms in total. The van der Waals surface area contributed by atoms with Crippen molar-refractivity contribution in [3.63, 3.8) is 0 Å². The number of hydrogen-bond donors (Lipinski definition) is 3. The highest BCUT2D eigenvalue weighted by atomic mass is 16.5. The van der Waals surface area contributed by atoms with Gasteiger partial charge in [0.1, 0.15) is 0 Å². The Morgan fingerprint density at radius 3 is 2.70 bits per heavy atom. The summed E-state index contributed by atoms with van der Waals surface area (Å²) in [5, 5.41) is 8.34. The molecule has 0 saturated heterocycles. The summed E-state index contributed by atoms with van der Waals surface area (Å²) < 4.78 is 0. The second kappa shape index (κ2) is 3.20. The maximum Gasteiger partial charge on any atom is 0.0478 e. The summed E-state index contributed by atoms with van der Waals surface area (Å²) in [7, 11) is 0. The first-order valence-electron chi connectivity index (χ1n) is 3.05. The van der Waals surface area contributed by atoms with Gasteiger partial charge in [-0.15, -0.1) is 0 Å². The molecule has 0 radical (unpaired) electrons. The molecular formula is C7H10N2O. The van der Waals surface area contributed by atoms with Gasteiger partial charge >= 0.3 is 0 Å². The van der Waals surface area contributed by atoms with E-state index in [0.29, 0.717) is 12.2 Å². The van der Waals surface area contributed by atoms with Gasteiger partial charge in [0.25, 0.3) is 0 Å². The topological polar surface area (TPSA) is 58.3 Å². The van der Waals surface area contributed by atoms with Crippen molar-refractivity contribution in [2.24, 2.45) is 0 Å². The molecule has 0 atom stereocenters. The lowest BCUT2D eigenvalue weighted by atomic mass is 10.2. The van der Waals surface area contributed by atoms with Crippen molar-refractivity contribution in [2.45, 2.75) is 6.54 Å². The van der Waals surface area contributed by atoms with Crippen LogP contribution in [0.25, 0.3) is 0 Å². The Bertz CT molecular complexity index is 213. The Labute approximate surface area is 59.4 Å². The minimum Gasteiger partial charge on any atom is -0.398 e. The summed E-state index contributed by atoms with van der Waals surface area (Å²) in [5.41, 5.74) is 9.21. The molecule has 3 heteroatoms. The summed E-state index contributed by atoms with van der Waals surface area (Å²) >= 11 is 0. The zero-order valence-electron chi connectivity index (χ0n) is 5.54. The van der Waals surface area contributed by atoms with Crippen molar-refractivity contribution in [1.82, 2.24) is 5.48 Å². The average molecular weight is 138 g/mol. The predicted octanol–water partition coefficient (Wildman–Crippen LogP) is 0.748. The van der Waals surface area contributed by atoms with Gasteiger partial charge < -0.3 is 10.9 Å². The van der Waals surface area contributed by atoms with E-state index >= 15 is 0 Å². The van der Waals surface area contributed by atoms with Gasteiger partial charge in [0.15, 0.2) is 0 Å². The van der Waals surface area contributed by atoms with Crippen LogP contribution in [0.15, 0.2) is 24.3 Å². The van der Waals surface area contributed by atoms with Gasteiger partial charge in [0.05, 0.1) is 0 Å². The first kappa shape index (κ1) is 7.05. The van der Waals surface area contributed by atoms with E-state index in [1.54, 1.807) is 6.07 Å². The van der Waals surface area contributed by atoms with Crippen LogP contribution in [0.5, 0.6) is 0 Å². The van der Waals surface area contributed by atoms with Gasteiger partial charge in [-0.2, -0.15) is 0 Å². The SMILES string of the molecule is Nc1ccccc1CNO. The number of hydroxylamine groups is 1. The van der Waals surface area contributed by atoms with Crippen LogP contribution in [0.1, 0.15) is 5.56 Å². The minimum absolute atomic E-state index is 0.396. The van der Waals surface area contributed by atoms with Gasteiger partial charge in [0.2, 0.25) is 0 Å². The van der Waals surface area contributed by atoms with E-state index in [-0.39, 0.29) is 0 Å². The molecular weight excluding hydrogens is 128 g/mol. The van der Waals surface area contributed by atoms with E-state index in [1.165, 1.54) is 0 Å². The molecule has 0 aromatic heterocycles. The Morgan fingerprint density at radius 2 is 2.10 bits per heavy atom. The molecule has 0 spiro atoms. The molecule has 4 N–H and O–H groups in total. The minimum atomic E-state index is 0.396. The third kappa shape index (κ3) is 1.46. The van der Waals surface area contributed by atoms with Crippen molar-refractivity contribution < 1.29 is 5.21 Å². The highest BCUT2D eigenvalue weighted by Gasteiger charge is 1.93. The number of rotatable bonds is 2. The molecule has 1 aromatic rings. The molecule has 1 aromatic carbocycles. The number of anilines is 1. The van der Waals surface area contributed by atoms with E-state index in [1.807, 2.05) is 23.7 Å². The standard InChI is InChI=1S/C7H10N2O/c8-7-4-2-1-3-6(7)5-9-10/h1-4,9-10H,5,8H2. The fourth-order valence-electron chi connectivity index (χ4n) is 0.780. The second-order valence-electron chi connectivity index (χ2n) is 2.03. The average Bonchev–Trinajstić information content (AvgIpc) is 1.94. The van der Waals surface area contributed by atoms with E-state index in [4.69, 9.17) is 10.9 Å². The second-order valence-corrected chi connectivity index (χ2v) is 2.03. The van der Waals surface area contributed by atoms with Crippen molar-refractivity contribution in [3.05, 3.63) is 29.8 Å². The molecule has 1 rings (SSSR count). The largest absolute Gasteiger partial charge is 0.398 e. The lowest BCUT2D eigenvalue weighted by Crippen LogP contribution is -2.07. The van der Waals surface area contributed by atoms with E-state index in [0.717, 1.165) is 5.56 Å². The van der Waals surface area contributed by atoms with Crippen molar-refractivity contribution in [3.8, 4) is 0 Å². The lowest BCUT2D eigenvalue weighted by molar-refractivity contribution is 0.161. The quantitative estimate of drug-likeness (QED) is 0.417. The van der Waals surface area contributed by atoms with Gasteiger partial charge in [-0.1, -0.05) is 18.2 Å². The highest BCUT2D eigenvalue weighted by Crippen LogP contribution is 2.08. The number of hydrogen-bond acceptors (Lipinski definition) is 3. The molecule has 0 fully saturated rings. The number of nitrogen functional groups attached to an aromatic ring is 1. The Hall–Kier alpha value is -1.06. The molecule has 0 unspecified atom stereocenters. The maximum absolute atomic E-state index is 8.34. The van der Waals surface area contributed by atoms with Crippen molar-refractivity contribution >= 4 is 5.69 Å². The molecule has 0 aliphatic carbocycles. The van der Waals surface area contributed by atoms with Gasteiger partial charge in [-0.25, -0.2) is 5.48 Å². The first-order chi connectivity index (χ1) is 4.84. The van der Waals surface area contributed by atoms with Gasteiger partial charge in [0, 0.05) is 12.2 Å². The molecule has 54 valence electrons. The molecule has 0 aliphatic rings. The lowest BCUT2D eigenvalue weighted by Gasteiger charge is -2.01. The van der Waals surface area contributed by atoms with E-state index < -0.39 is 0 Å². The van der Waals surface area contributed by atoms with Crippen LogP contribution in [0.2, 0.25) is 0 Å². The van der Waals surface area contributed by atoms with Crippen molar-refractivity contribution in [2.75, 3.05) is 5.73 Å². The third-order valence-corrected chi connectivity index (χ3v) is 1.32.